The van der Waals surface area contributed by atoms with Crippen LogP contribution in [0, 0.1) is 6.92 Å². The maximum Gasteiger partial charge on any atom is 0.306 e. The number of anilines is 1. The molecule has 180 valence electrons. The van der Waals surface area contributed by atoms with E-state index in [0.717, 1.165) is 54.3 Å². The van der Waals surface area contributed by atoms with Gasteiger partial charge >= 0.3 is 5.84 Å². The summed E-state index contributed by atoms with van der Waals surface area (Å²) < 4.78 is 7.49. The second-order valence-electron chi connectivity index (χ2n) is 8.88. The number of likely N-dealkylation sites (tertiary alicyclic amines) is 1. The molecule has 4 heterocycles. The molecule has 0 unspecified atom stereocenters. The SMILES string of the molecule is C=C(CNC(C)=O)N1CCC(Nc2nccc(-c3c(-c4ccc(C)cc4)nc4occn34)n2)CC1. The molecule has 0 radical (unpaired) electrons. The minimum absolute atomic E-state index is 0.0452. The van der Waals surface area contributed by atoms with Gasteiger partial charge in [0.1, 0.15) is 17.7 Å². The Bertz CT molecular complexity index is 1350. The molecule has 1 amide bonds. The van der Waals surface area contributed by atoms with Gasteiger partial charge in [0, 0.05) is 49.7 Å². The molecule has 1 aromatic carbocycles. The lowest BCUT2D eigenvalue weighted by atomic mass is 10.0. The normalized spacial score (nSPS) is 14.3. The monoisotopic (exact) mass is 471 g/mol. The topological polar surface area (TPSA) is 101 Å². The van der Waals surface area contributed by atoms with Crippen LogP contribution in [0.1, 0.15) is 25.3 Å². The van der Waals surface area contributed by atoms with Crippen LogP contribution in [0.3, 0.4) is 0 Å². The van der Waals surface area contributed by atoms with Gasteiger partial charge in [0.05, 0.1) is 12.2 Å². The third-order valence-electron chi connectivity index (χ3n) is 6.30. The molecule has 0 aliphatic carbocycles. The first-order valence-electron chi connectivity index (χ1n) is 11.8. The van der Waals surface area contributed by atoms with Gasteiger partial charge in [-0.25, -0.2) is 9.97 Å². The number of amides is 1. The number of nitrogens with zero attached hydrogens (tertiary/aromatic N) is 5. The van der Waals surface area contributed by atoms with Crippen molar-refractivity contribution in [1.29, 1.82) is 0 Å². The number of nitrogens with one attached hydrogen (secondary N) is 2. The second kappa shape index (κ2) is 9.61. The molecule has 0 atom stereocenters. The van der Waals surface area contributed by atoms with E-state index in [2.05, 4.69) is 58.3 Å². The van der Waals surface area contributed by atoms with Crippen LogP contribution in [0.2, 0.25) is 0 Å². The molecule has 35 heavy (non-hydrogen) atoms. The maximum absolute atomic E-state index is 11.2. The zero-order chi connectivity index (χ0) is 24.4. The van der Waals surface area contributed by atoms with Crippen molar-refractivity contribution >= 4 is 17.7 Å². The third-order valence-corrected chi connectivity index (χ3v) is 6.30. The Balaban J connectivity index is 1.33. The Labute approximate surface area is 203 Å². The summed E-state index contributed by atoms with van der Waals surface area (Å²) in [6.45, 7) is 9.90. The standard InChI is InChI=1S/C26H29N7O2/c1-17-4-6-20(7-5-17)23-24(33-14-15-35-26(33)31-23)22-8-11-27-25(30-22)29-21-9-12-32(13-10-21)18(2)16-28-19(3)34/h4-8,11,14-15,21H,2,9-10,12-13,16H2,1,3H3,(H,28,34)(H,27,29,30). The number of fused-ring (bicyclic) bond motifs is 1. The zero-order valence-electron chi connectivity index (χ0n) is 20.0. The number of imidazole rings is 1. The van der Waals surface area contributed by atoms with Crippen LogP contribution in [-0.2, 0) is 4.79 Å². The highest BCUT2D eigenvalue weighted by atomic mass is 16.3. The molecule has 2 N–H and O–H groups in total. The van der Waals surface area contributed by atoms with E-state index < -0.39 is 0 Å². The molecular weight excluding hydrogens is 442 g/mol. The van der Waals surface area contributed by atoms with Gasteiger partial charge in [-0.1, -0.05) is 36.4 Å². The van der Waals surface area contributed by atoms with Crippen LogP contribution in [0.4, 0.5) is 5.95 Å². The van der Waals surface area contributed by atoms with Gasteiger partial charge in [0.2, 0.25) is 11.9 Å². The Morgan fingerprint density at radius 3 is 2.69 bits per heavy atom. The van der Waals surface area contributed by atoms with Crippen molar-refractivity contribution in [2.75, 3.05) is 25.0 Å². The van der Waals surface area contributed by atoms with E-state index in [9.17, 15) is 4.79 Å². The average molecular weight is 472 g/mol. The van der Waals surface area contributed by atoms with E-state index in [0.29, 0.717) is 18.3 Å². The number of piperidine rings is 1. The lowest BCUT2D eigenvalue weighted by Gasteiger charge is -2.35. The van der Waals surface area contributed by atoms with Gasteiger partial charge in [-0.05, 0) is 25.8 Å². The van der Waals surface area contributed by atoms with Crippen molar-refractivity contribution in [2.24, 2.45) is 0 Å². The van der Waals surface area contributed by atoms with Crippen molar-refractivity contribution in [3.63, 3.8) is 0 Å². The number of carbonyl (C=O) groups excluding carboxylic acids is 1. The Kier molecular flexibility index (Phi) is 6.22. The summed E-state index contributed by atoms with van der Waals surface area (Å²) >= 11 is 0. The highest BCUT2D eigenvalue weighted by molar-refractivity contribution is 5.79. The van der Waals surface area contributed by atoms with Gasteiger partial charge in [-0.2, -0.15) is 4.98 Å². The molecule has 0 bridgehead atoms. The molecule has 0 saturated carbocycles. The smallest absolute Gasteiger partial charge is 0.306 e. The summed E-state index contributed by atoms with van der Waals surface area (Å²) in [4.78, 5) is 27.4. The van der Waals surface area contributed by atoms with E-state index in [1.165, 1.54) is 12.5 Å². The Morgan fingerprint density at radius 1 is 1.17 bits per heavy atom. The van der Waals surface area contributed by atoms with Crippen molar-refractivity contribution in [3.05, 3.63) is 66.8 Å². The summed E-state index contributed by atoms with van der Waals surface area (Å²) in [6, 6.07) is 10.4. The van der Waals surface area contributed by atoms with Gasteiger partial charge in [0.15, 0.2) is 0 Å². The maximum atomic E-state index is 11.2. The molecule has 5 rings (SSSR count). The van der Waals surface area contributed by atoms with Crippen LogP contribution < -0.4 is 10.6 Å². The first-order valence-corrected chi connectivity index (χ1v) is 11.8. The third kappa shape index (κ3) is 4.89. The number of hydrogen-bond donors (Lipinski definition) is 2. The van der Waals surface area contributed by atoms with E-state index >= 15 is 0 Å². The quantitative estimate of drug-likeness (QED) is 0.422. The molecule has 4 aromatic rings. The Hall–Kier alpha value is -4.14. The Morgan fingerprint density at radius 2 is 1.94 bits per heavy atom. The molecule has 1 aliphatic rings. The van der Waals surface area contributed by atoms with Crippen molar-refractivity contribution < 1.29 is 9.21 Å². The largest absolute Gasteiger partial charge is 0.432 e. The molecule has 1 fully saturated rings. The van der Waals surface area contributed by atoms with Gasteiger partial charge in [0.25, 0.3) is 0 Å². The second-order valence-corrected chi connectivity index (χ2v) is 8.88. The minimum atomic E-state index is -0.0452. The van der Waals surface area contributed by atoms with Crippen LogP contribution in [0.15, 0.2) is 65.7 Å². The number of carbonyl (C=O) groups is 1. The molecule has 0 spiro atoms. The fourth-order valence-electron chi connectivity index (χ4n) is 4.36. The lowest BCUT2D eigenvalue weighted by Crippen LogP contribution is -2.41. The predicted octanol–water partition coefficient (Wildman–Crippen LogP) is 3.89. The molecule has 9 nitrogen and oxygen atoms in total. The van der Waals surface area contributed by atoms with Gasteiger partial charge in [-0.15, -0.1) is 0 Å². The number of aromatic nitrogens is 4. The molecule has 3 aromatic heterocycles. The number of oxazole rings is 1. The molecule has 9 heteroatoms. The van der Waals surface area contributed by atoms with Gasteiger partial charge < -0.3 is 20.0 Å². The number of benzene rings is 1. The van der Waals surface area contributed by atoms with Crippen molar-refractivity contribution in [2.45, 2.75) is 32.7 Å². The highest BCUT2D eigenvalue weighted by Gasteiger charge is 2.22. The highest BCUT2D eigenvalue weighted by Crippen LogP contribution is 2.32. The van der Waals surface area contributed by atoms with Gasteiger partial charge in [-0.3, -0.25) is 9.20 Å². The summed E-state index contributed by atoms with van der Waals surface area (Å²) in [5.74, 6) is 1.07. The van der Waals surface area contributed by atoms with Crippen LogP contribution in [-0.4, -0.2) is 55.8 Å². The number of hydrogen-bond acceptors (Lipinski definition) is 7. The van der Waals surface area contributed by atoms with Crippen molar-refractivity contribution in [1.82, 2.24) is 29.6 Å². The first kappa shape index (κ1) is 22.6. The summed E-state index contributed by atoms with van der Waals surface area (Å²) in [7, 11) is 0. The molecule has 1 saturated heterocycles. The van der Waals surface area contributed by atoms with E-state index in [1.807, 2.05) is 16.7 Å². The van der Waals surface area contributed by atoms with Crippen LogP contribution in [0.5, 0.6) is 0 Å². The summed E-state index contributed by atoms with van der Waals surface area (Å²) in [5.41, 5.74) is 5.59. The zero-order valence-corrected chi connectivity index (χ0v) is 20.0. The van der Waals surface area contributed by atoms with Crippen molar-refractivity contribution in [3.8, 4) is 22.6 Å². The minimum Gasteiger partial charge on any atom is -0.432 e. The lowest BCUT2D eigenvalue weighted by molar-refractivity contribution is -0.118. The first-order chi connectivity index (χ1) is 17.0. The number of aryl methyl sites for hydroxylation is 1. The summed E-state index contributed by atoms with van der Waals surface area (Å²) in [6.07, 6.45) is 7.11. The molecular formula is C26H29N7O2. The number of rotatable bonds is 7. The fourth-order valence-corrected chi connectivity index (χ4v) is 4.36. The summed E-state index contributed by atoms with van der Waals surface area (Å²) in [5, 5.41) is 6.31. The van der Waals surface area contributed by atoms with E-state index in [1.54, 1.807) is 12.5 Å². The predicted molar refractivity (Wildman–Crippen MR) is 135 cm³/mol. The van der Waals surface area contributed by atoms with Crippen LogP contribution in [0.25, 0.3) is 28.5 Å². The average Bonchev–Trinajstić information content (AvgIpc) is 3.45. The molecule has 1 aliphatic heterocycles. The van der Waals surface area contributed by atoms with E-state index in [-0.39, 0.29) is 11.9 Å². The fraction of sp³-hybridized carbons (Fsp3) is 0.308. The van der Waals surface area contributed by atoms with E-state index in [4.69, 9.17) is 14.4 Å². The van der Waals surface area contributed by atoms with Crippen LogP contribution >= 0.6 is 0 Å².